The monoisotopic (exact) mass is 842 g/mol. The van der Waals surface area contributed by atoms with Crippen molar-refractivity contribution in [3.8, 4) is 44.8 Å². The Morgan fingerprint density at radius 3 is 1.53 bits per heavy atom. The lowest BCUT2D eigenvalue weighted by Crippen LogP contribution is -2.15. The van der Waals surface area contributed by atoms with E-state index in [-0.39, 0.29) is 5.41 Å². The lowest BCUT2D eigenvalue weighted by atomic mass is 9.82. The van der Waals surface area contributed by atoms with Crippen LogP contribution in [0.5, 0.6) is 0 Å². The first-order valence-corrected chi connectivity index (χ1v) is 23.1. The molecule has 0 N–H and O–H groups in total. The van der Waals surface area contributed by atoms with Gasteiger partial charge in [-0.25, -0.2) is 0 Å². The number of aromatic nitrogens is 2. The summed E-state index contributed by atoms with van der Waals surface area (Å²) in [5.74, 6) is 0. The Balaban J connectivity index is 1.15. The van der Waals surface area contributed by atoms with Crippen molar-refractivity contribution in [2.75, 3.05) is 0 Å². The molecule has 9 aromatic carbocycles. The van der Waals surface area contributed by atoms with E-state index in [9.17, 15) is 0 Å². The maximum atomic E-state index is 2.54. The minimum Gasteiger partial charge on any atom is -0.313 e. The predicted octanol–water partition coefficient (Wildman–Crippen LogP) is 16.9. The van der Waals surface area contributed by atoms with Gasteiger partial charge in [-0.1, -0.05) is 184 Å². The van der Waals surface area contributed by atoms with Gasteiger partial charge in [-0.05, 0) is 127 Å². The second kappa shape index (κ2) is 14.9. The van der Waals surface area contributed by atoms with Crippen LogP contribution in [0, 0.1) is 0 Å². The highest BCUT2D eigenvalue weighted by Crippen LogP contribution is 2.49. The first-order valence-electron chi connectivity index (χ1n) is 23.1. The van der Waals surface area contributed by atoms with E-state index >= 15 is 0 Å². The molecule has 2 aliphatic carbocycles. The van der Waals surface area contributed by atoms with Crippen LogP contribution in [0.1, 0.15) is 36.2 Å². The summed E-state index contributed by atoms with van der Waals surface area (Å²) in [6, 6.07) is 77.0. The molecular weight excluding hydrogens is 797 g/mol. The summed E-state index contributed by atoms with van der Waals surface area (Å²) in [4.78, 5) is 0. The number of nitrogens with zero attached hydrogens (tertiary/aromatic N) is 2. The van der Waals surface area contributed by atoms with Gasteiger partial charge in [-0.15, -0.1) is 0 Å². The number of para-hydroxylation sites is 1. The normalized spacial score (nSPS) is 13.5. The summed E-state index contributed by atoms with van der Waals surface area (Å²) in [6.45, 7) is 4.76. The maximum Gasteiger partial charge on any atom is 0.0540 e. The van der Waals surface area contributed by atoms with Crippen molar-refractivity contribution in [3.63, 3.8) is 0 Å². The summed E-state index contributed by atoms with van der Waals surface area (Å²) in [5.41, 5.74) is 18.4. The van der Waals surface area contributed by atoms with E-state index in [4.69, 9.17) is 0 Å². The molecule has 312 valence electrons. The highest BCUT2D eigenvalue weighted by atomic mass is 15.0. The van der Waals surface area contributed by atoms with Gasteiger partial charge in [0.05, 0.1) is 16.6 Å². The average Bonchev–Trinajstić information content (AvgIpc) is 3.67. The summed E-state index contributed by atoms with van der Waals surface area (Å²) < 4.78 is 4.99. The Labute approximate surface area is 385 Å². The SMILES string of the molecule is CC1(C)c2ccccc2-c2ccc(-n3c4ccc(-c5ccccc5)cc4c4ccccc4c4ccccc4c4cc(-c5ccc6c(c5)c5c(n6-c6ccccc6)CC=CC=C5)ccc43)cc21. The molecule has 0 atom stereocenters. The van der Waals surface area contributed by atoms with Crippen LogP contribution in [-0.4, -0.2) is 9.13 Å². The Morgan fingerprint density at radius 1 is 0.364 bits per heavy atom. The molecule has 2 heterocycles. The van der Waals surface area contributed by atoms with Crippen LogP contribution in [0.25, 0.3) is 105 Å². The van der Waals surface area contributed by atoms with Crippen LogP contribution in [-0.2, 0) is 11.8 Å². The van der Waals surface area contributed by atoms with Crippen LogP contribution >= 0.6 is 0 Å². The van der Waals surface area contributed by atoms with Crippen LogP contribution in [0.15, 0.2) is 224 Å². The topological polar surface area (TPSA) is 9.86 Å². The van der Waals surface area contributed by atoms with E-state index in [1.54, 1.807) is 0 Å². The number of allylic oxidation sites excluding steroid dienone is 3. The zero-order valence-corrected chi connectivity index (χ0v) is 37.0. The van der Waals surface area contributed by atoms with E-state index in [1.807, 2.05) is 0 Å². The molecule has 2 aliphatic rings. The molecule has 11 aromatic rings. The fraction of sp³-hybridized carbons (Fsp3) is 0.0625. The molecule has 2 nitrogen and oxygen atoms in total. The maximum absolute atomic E-state index is 2.54. The molecule has 2 aromatic heterocycles. The van der Waals surface area contributed by atoms with Gasteiger partial charge in [-0.3, -0.25) is 0 Å². The van der Waals surface area contributed by atoms with E-state index in [1.165, 1.54) is 105 Å². The molecule has 0 bridgehead atoms. The second-order valence-electron chi connectivity index (χ2n) is 18.4. The van der Waals surface area contributed by atoms with Crippen LogP contribution < -0.4 is 0 Å². The molecule has 0 spiro atoms. The fourth-order valence-electron chi connectivity index (χ4n) is 11.2. The Morgan fingerprint density at radius 2 is 0.879 bits per heavy atom. The zero-order chi connectivity index (χ0) is 43.9. The highest BCUT2D eigenvalue weighted by Gasteiger charge is 2.35. The summed E-state index contributed by atoms with van der Waals surface area (Å²) >= 11 is 0. The van der Waals surface area contributed by atoms with Crippen molar-refractivity contribution in [3.05, 3.63) is 247 Å². The molecule has 0 aliphatic heterocycles. The highest BCUT2D eigenvalue weighted by molar-refractivity contribution is 6.20. The Bertz CT molecular complexity index is 3910. The lowest BCUT2D eigenvalue weighted by molar-refractivity contribution is 0.660. The first kappa shape index (κ1) is 38.3. The minimum atomic E-state index is -0.158. The number of rotatable bonds is 4. The molecule has 0 saturated heterocycles. The number of hydrogen-bond donors (Lipinski definition) is 0. The summed E-state index contributed by atoms with van der Waals surface area (Å²) in [6.07, 6.45) is 9.78. The van der Waals surface area contributed by atoms with Gasteiger partial charge in [-0.2, -0.15) is 0 Å². The molecule has 13 rings (SSSR count). The number of fused-ring (bicyclic) bond motifs is 13. The third kappa shape index (κ3) is 5.88. The van der Waals surface area contributed by atoms with Crippen molar-refractivity contribution in [2.45, 2.75) is 25.7 Å². The van der Waals surface area contributed by atoms with Gasteiger partial charge in [0.15, 0.2) is 0 Å². The molecule has 0 unspecified atom stereocenters. The van der Waals surface area contributed by atoms with E-state index in [2.05, 4.69) is 254 Å². The van der Waals surface area contributed by atoms with E-state index in [0.717, 1.165) is 23.1 Å². The molecule has 0 amide bonds. The van der Waals surface area contributed by atoms with Crippen LogP contribution in [0.2, 0.25) is 0 Å². The fourth-order valence-corrected chi connectivity index (χ4v) is 11.2. The average molecular weight is 843 g/mol. The molecule has 0 saturated carbocycles. The lowest BCUT2D eigenvalue weighted by Gasteiger charge is -2.23. The van der Waals surface area contributed by atoms with Gasteiger partial charge in [0, 0.05) is 50.6 Å². The molecular formula is C64H46N2. The third-order valence-corrected chi connectivity index (χ3v) is 14.4. The predicted molar refractivity (Wildman–Crippen MR) is 281 cm³/mol. The van der Waals surface area contributed by atoms with E-state index < -0.39 is 0 Å². The standard InChI is InChI=1S/C64H46N2/c1-64(2)58-28-17-16-26-52(58)53-34-33-47(41-59(53)64)66-61-35-30-43(42-18-6-3-7-19-42)38-55(61)50-24-14-12-22-48(50)49-23-13-15-25-51(49)56-39-44(31-36-62(56)66)45-32-37-63-57(40-45)54-27-10-5-11-29-60(54)65(63)46-20-8-4-9-21-46/h3-28,30-41H,29H2,1-2H3. The molecule has 2 heteroatoms. The Hall–Kier alpha value is -8.20. The largest absolute Gasteiger partial charge is 0.313 e. The van der Waals surface area contributed by atoms with Crippen molar-refractivity contribution in [2.24, 2.45) is 0 Å². The van der Waals surface area contributed by atoms with Gasteiger partial charge in [0.1, 0.15) is 0 Å². The van der Waals surface area contributed by atoms with Crippen molar-refractivity contribution >= 4 is 60.3 Å². The minimum absolute atomic E-state index is 0.158. The molecule has 0 radical (unpaired) electrons. The van der Waals surface area contributed by atoms with Gasteiger partial charge in [0.2, 0.25) is 0 Å². The first-order chi connectivity index (χ1) is 32.5. The van der Waals surface area contributed by atoms with Gasteiger partial charge < -0.3 is 9.13 Å². The number of benzene rings is 9. The summed E-state index contributed by atoms with van der Waals surface area (Å²) in [5, 5.41) is 8.49. The van der Waals surface area contributed by atoms with Gasteiger partial charge in [0.25, 0.3) is 0 Å². The van der Waals surface area contributed by atoms with Crippen molar-refractivity contribution in [1.82, 2.24) is 9.13 Å². The van der Waals surface area contributed by atoms with Crippen LogP contribution in [0.4, 0.5) is 0 Å². The van der Waals surface area contributed by atoms with Crippen molar-refractivity contribution < 1.29 is 0 Å². The zero-order valence-electron chi connectivity index (χ0n) is 37.0. The third-order valence-electron chi connectivity index (χ3n) is 14.4. The Kier molecular flexibility index (Phi) is 8.66. The van der Waals surface area contributed by atoms with Crippen LogP contribution in [0.3, 0.4) is 0 Å². The van der Waals surface area contributed by atoms with Crippen molar-refractivity contribution in [1.29, 1.82) is 0 Å². The van der Waals surface area contributed by atoms with Gasteiger partial charge >= 0.3 is 0 Å². The summed E-state index contributed by atoms with van der Waals surface area (Å²) in [7, 11) is 0. The smallest absolute Gasteiger partial charge is 0.0540 e. The second-order valence-corrected chi connectivity index (χ2v) is 18.4. The molecule has 0 fully saturated rings. The number of hydrogen-bond acceptors (Lipinski definition) is 0. The quantitative estimate of drug-likeness (QED) is 0.167. The van der Waals surface area contributed by atoms with E-state index in [0.29, 0.717) is 0 Å². The molecule has 66 heavy (non-hydrogen) atoms.